The van der Waals surface area contributed by atoms with E-state index in [1.54, 1.807) is 11.3 Å². The van der Waals surface area contributed by atoms with Crippen molar-refractivity contribution in [2.24, 2.45) is 0 Å². The summed E-state index contributed by atoms with van der Waals surface area (Å²) in [5, 5.41) is 3.15. The van der Waals surface area contributed by atoms with Gasteiger partial charge in [0.2, 0.25) is 5.91 Å². The van der Waals surface area contributed by atoms with Crippen molar-refractivity contribution in [1.82, 2.24) is 19.8 Å². The van der Waals surface area contributed by atoms with Crippen LogP contribution >= 0.6 is 11.3 Å². The van der Waals surface area contributed by atoms with E-state index >= 15 is 0 Å². The summed E-state index contributed by atoms with van der Waals surface area (Å²) in [6, 6.07) is 6.67. The van der Waals surface area contributed by atoms with Crippen LogP contribution in [0.3, 0.4) is 0 Å². The number of amides is 1. The molecule has 1 amide bonds. The van der Waals surface area contributed by atoms with Crippen LogP contribution in [0.25, 0.3) is 0 Å². The smallest absolute Gasteiger partial charge is 0.224 e. The maximum atomic E-state index is 12.5. The van der Waals surface area contributed by atoms with E-state index in [9.17, 15) is 4.79 Å². The number of nitrogens with zero attached hydrogens (tertiary/aromatic N) is 4. The monoisotopic (exact) mass is 328 g/mol. The number of aryl methyl sites for hydroxylation is 1. The Kier molecular flexibility index (Phi) is 3.87. The second-order valence-corrected chi connectivity index (χ2v) is 7.29. The van der Waals surface area contributed by atoms with Crippen LogP contribution in [0, 0.1) is 6.92 Å². The summed E-state index contributed by atoms with van der Waals surface area (Å²) in [7, 11) is 0. The lowest BCUT2D eigenvalue weighted by Crippen LogP contribution is -2.36. The summed E-state index contributed by atoms with van der Waals surface area (Å²) in [6.07, 6.45) is 3.53. The number of thiazole rings is 1. The average Bonchev–Trinajstić information content (AvgIpc) is 3.22. The van der Waals surface area contributed by atoms with Gasteiger partial charge in [0.05, 0.1) is 18.8 Å². The lowest BCUT2D eigenvalue weighted by atomic mass is 10.1. The standard InChI is InChI=1S/C17H20N4OS/c1-12-3-2-4-13(19-12)10-21-14-5-7-20(15(14)9-17(21)22)11-16-18-6-8-23-16/h2-4,6,8,14-15H,5,7,9-11H2,1H3/t14-,15+/m1/s1. The molecule has 2 aromatic rings. The molecular weight excluding hydrogens is 308 g/mol. The molecule has 0 N–H and O–H groups in total. The first-order chi connectivity index (χ1) is 11.2. The van der Waals surface area contributed by atoms with E-state index in [0.717, 1.165) is 35.9 Å². The van der Waals surface area contributed by atoms with Gasteiger partial charge in [0.1, 0.15) is 5.01 Å². The molecule has 6 heteroatoms. The molecule has 0 spiro atoms. The third-order valence-electron chi connectivity index (χ3n) is 4.83. The van der Waals surface area contributed by atoms with Gasteiger partial charge in [-0.1, -0.05) is 6.07 Å². The highest BCUT2D eigenvalue weighted by Gasteiger charge is 2.46. The molecule has 120 valence electrons. The number of fused-ring (bicyclic) bond motifs is 1. The van der Waals surface area contributed by atoms with Crippen molar-refractivity contribution in [1.29, 1.82) is 0 Å². The summed E-state index contributed by atoms with van der Waals surface area (Å²) >= 11 is 1.69. The Balaban J connectivity index is 1.48. The maximum Gasteiger partial charge on any atom is 0.224 e. The number of hydrogen-bond acceptors (Lipinski definition) is 5. The molecule has 4 heterocycles. The molecule has 2 saturated heterocycles. The zero-order valence-corrected chi connectivity index (χ0v) is 14.0. The Labute approximate surface area is 140 Å². The van der Waals surface area contributed by atoms with Crippen LogP contribution in [0.15, 0.2) is 29.8 Å². The molecule has 0 saturated carbocycles. The number of hydrogen-bond donors (Lipinski definition) is 0. The van der Waals surface area contributed by atoms with Gasteiger partial charge >= 0.3 is 0 Å². The highest BCUT2D eigenvalue weighted by atomic mass is 32.1. The van der Waals surface area contributed by atoms with E-state index in [1.807, 2.05) is 41.6 Å². The molecule has 0 unspecified atom stereocenters. The van der Waals surface area contributed by atoms with Gasteiger partial charge in [-0.15, -0.1) is 11.3 Å². The van der Waals surface area contributed by atoms with E-state index < -0.39 is 0 Å². The van der Waals surface area contributed by atoms with Crippen molar-refractivity contribution in [3.8, 4) is 0 Å². The van der Waals surface area contributed by atoms with Crippen molar-refractivity contribution < 1.29 is 4.79 Å². The van der Waals surface area contributed by atoms with Gasteiger partial charge in [-0.2, -0.15) is 0 Å². The van der Waals surface area contributed by atoms with Crippen molar-refractivity contribution in [2.45, 2.75) is 44.9 Å². The number of aromatic nitrogens is 2. The molecule has 0 bridgehead atoms. The topological polar surface area (TPSA) is 49.3 Å². The minimum atomic E-state index is 0.257. The van der Waals surface area contributed by atoms with Gasteiger partial charge in [-0.3, -0.25) is 14.7 Å². The van der Waals surface area contributed by atoms with Crippen molar-refractivity contribution in [3.05, 3.63) is 46.2 Å². The first kappa shape index (κ1) is 14.8. The highest BCUT2D eigenvalue weighted by molar-refractivity contribution is 7.09. The molecule has 23 heavy (non-hydrogen) atoms. The van der Waals surface area contributed by atoms with Gasteiger partial charge in [0.15, 0.2) is 0 Å². The van der Waals surface area contributed by atoms with Gasteiger partial charge in [0, 0.05) is 42.3 Å². The second kappa shape index (κ2) is 6.02. The van der Waals surface area contributed by atoms with E-state index in [2.05, 4.69) is 14.9 Å². The van der Waals surface area contributed by atoms with Crippen LogP contribution in [-0.4, -0.2) is 44.3 Å². The van der Waals surface area contributed by atoms with Crippen LogP contribution in [0.4, 0.5) is 0 Å². The van der Waals surface area contributed by atoms with E-state index in [0.29, 0.717) is 25.0 Å². The Bertz CT molecular complexity index is 702. The summed E-state index contributed by atoms with van der Waals surface area (Å²) in [5.41, 5.74) is 1.99. The Morgan fingerprint density at radius 1 is 1.30 bits per heavy atom. The van der Waals surface area contributed by atoms with Crippen molar-refractivity contribution in [2.75, 3.05) is 6.54 Å². The minimum Gasteiger partial charge on any atom is -0.332 e. The SMILES string of the molecule is Cc1cccc(CN2C(=O)C[C@H]3[C@H]2CCN3Cc2nccs2)n1. The second-order valence-electron chi connectivity index (χ2n) is 6.32. The number of pyridine rings is 1. The molecule has 0 aromatic carbocycles. The van der Waals surface area contributed by atoms with Crippen LogP contribution in [-0.2, 0) is 17.9 Å². The lowest BCUT2D eigenvalue weighted by Gasteiger charge is -2.25. The molecule has 0 aliphatic carbocycles. The number of carbonyl (C=O) groups excluding carboxylic acids is 1. The summed E-state index contributed by atoms with van der Waals surface area (Å²) in [5.74, 6) is 0.257. The lowest BCUT2D eigenvalue weighted by molar-refractivity contribution is -0.129. The maximum absolute atomic E-state index is 12.5. The van der Waals surface area contributed by atoms with E-state index in [1.165, 1.54) is 0 Å². The fourth-order valence-corrected chi connectivity index (χ4v) is 4.42. The summed E-state index contributed by atoms with van der Waals surface area (Å²) < 4.78 is 0. The van der Waals surface area contributed by atoms with Crippen LogP contribution in [0.5, 0.6) is 0 Å². The van der Waals surface area contributed by atoms with Gasteiger partial charge in [-0.05, 0) is 25.5 Å². The number of rotatable bonds is 4. The Morgan fingerprint density at radius 3 is 3.00 bits per heavy atom. The molecule has 2 fully saturated rings. The highest BCUT2D eigenvalue weighted by Crippen LogP contribution is 2.34. The fourth-order valence-electron chi connectivity index (χ4n) is 3.78. The number of carbonyl (C=O) groups is 1. The third kappa shape index (κ3) is 2.88. The van der Waals surface area contributed by atoms with Crippen molar-refractivity contribution in [3.63, 3.8) is 0 Å². The van der Waals surface area contributed by atoms with Crippen LogP contribution in [0.1, 0.15) is 29.2 Å². The zero-order chi connectivity index (χ0) is 15.8. The van der Waals surface area contributed by atoms with Gasteiger partial charge in [0.25, 0.3) is 0 Å². The van der Waals surface area contributed by atoms with Crippen LogP contribution in [0.2, 0.25) is 0 Å². The summed E-state index contributed by atoms with van der Waals surface area (Å²) in [6.45, 7) is 4.53. The predicted molar refractivity (Wildman–Crippen MR) is 88.9 cm³/mol. The fraction of sp³-hybridized carbons (Fsp3) is 0.471. The molecule has 2 aliphatic heterocycles. The predicted octanol–water partition coefficient (Wildman–Crippen LogP) is 2.22. The Hall–Kier alpha value is -1.79. The van der Waals surface area contributed by atoms with Gasteiger partial charge < -0.3 is 4.90 Å². The number of likely N-dealkylation sites (tertiary alicyclic amines) is 2. The first-order valence-electron chi connectivity index (χ1n) is 8.05. The van der Waals surface area contributed by atoms with Crippen molar-refractivity contribution >= 4 is 17.2 Å². The minimum absolute atomic E-state index is 0.257. The van der Waals surface area contributed by atoms with E-state index in [-0.39, 0.29) is 5.91 Å². The zero-order valence-electron chi connectivity index (χ0n) is 13.2. The molecular formula is C17H20N4OS. The first-order valence-corrected chi connectivity index (χ1v) is 8.93. The summed E-state index contributed by atoms with van der Waals surface area (Å²) in [4.78, 5) is 25.9. The molecule has 0 radical (unpaired) electrons. The Morgan fingerprint density at radius 2 is 2.22 bits per heavy atom. The molecule has 2 aromatic heterocycles. The molecule has 5 nitrogen and oxygen atoms in total. The molecule has 4 rings (SSSR count). The largest absolute Gasteiger partial charge is 0.332 e. The van der Waals surface area contributed by atoms with Gasteiger partial charge in [-0.25, -0.2) is 4.98 Å². The quantitative estimate of drug-likeness (QED) is 0.863. The molecule has 2 atom stereocenters. The normalized spacial score (nSPS) is 24.4. The van der Waals surface area contributed by atoms with E-state index in [4.69, 9.17) is 0 Å². The third-order valence-corrected chi connectivity index (χ3v) is 5.59. The molecule has 2 aliphatic rings. The average molecular weight is 328 g/mol. The van der Waals surface area contributed by atoms with Crippen LogP contribution < -0.4 is 0 Å².